The zero-order valence-electron chi connectivity index (χ0n) is 16.7. The van der Waals surface area contributed by atoms with E-state index in [0.29, 0.717) is 39.9 Å². The monoisotopic (exact) mass is 419 g/mol. The Morgan fingerprint density at radius 2 is 1.83 bits per heavy atom. The number of thioether (sulfide) groups is 1. The van der Waals surface area contributed by atoms with Gasteiger partial charge < -0.3 is 14.8 Å². The van der Waals surface area contributed by atoms with Gasteiger partial charge in [-0.3, -0.25) is 4.79 Å². The molecule has 0 aliphatic rings. The minimum Gasteiger partial charge on any atom is -0.497 e. The molecule has 2 aromatic carbocycles. The van der Waals surface area contributed by atoms with E-state index in [-0.39, 0.29) is 5.91 Å². The summed E-state index contributed by atoms with van der Waals surface area (Å²) >= 11 is 1.42. The highest BCUT2D eigenvalue weighted by Gasteiger charge is 2.15. The van der Waals surface area contributed by atoms with Gasteiger partial charge in [0.15, 0.2) is 0 Å². The number of rotatable bonds is 8. The van der Waals surface area contributed by atoms with Crippen molar-refractivity contribution in [3.63, 3.8) is 0 Å². The normalized spacial score (nSPS) is 10.2. The first kappa shape index (κ1) is 21.2. The van der Waals surface area contributed by atoms with E-state index in [4.69, 9.17) is 9.47 Å². The number of nitriles is 1. The molecule has 3 aromatic rings. The van der Waals surface area contributed by atoms with Crippen LogP contribution in [0.5, 0.6) is 11.5 Å². The van der Waals surface area contributed by atoms with Gasteiger partial charge in [-0.2, -0.15) is 5.26 Å². The summed E-state index contributed by atoms with van der Waals surface area (Å²) < 4.78 is 10.8. The molecule has 1 heterocycles. The van der Waals surface area contributed by atoms with Crippen molar-refractivity contribution in [2.75, 3.05) is 24.8 Å². The second kappa shape index (κ2) is 10.3. The van der Waals surface area contributed by atoms with Gasteiger partial charge in [0, 0.05) is 11.4 Å². The number of aromatic nitrogens is 1. The van der Waals surface area contributed by atoms with E-state index in [1.165, 1.54) is 11.8 Å². The van der Waals surface area contributed by atoms with E-state index < -0.39 is 0 Å². The number of nitrogens with one attached hydrogen (secondary N) is 1. The number of amides is 1. The van der Waals surface area contributed by atoms with Crippen LogP contribution < -0.4 is 14.8 Å². The molecule has 0 radical (unpaired) electrons. The quantitative estimate of drug-likeness (QED) is 0.421. The third-order valence-electron chi connectivity index (χ3n) is 4.23. The van der Waals surface area contributed by atoms with Crippen molar-refractivity contribution in [2.24, 2.45) is 0 Å². The number of hydrogen-bond donors (Lipinski definition) is 1. The molecule has 0 aliphatic carbocycles. The Morgan fingerprint density at radius 3 is 2.50 bits per heavy atom. The molecule has 1 N–H and O–H groups in total. The van der Waals surface area contributed by atoms with Crippen molar-refractivity contribution in [3.8, 4) is 17.6 Å². The lowest BCUT2D eigenvalue weighted by Gasteiger charge is -2.11. The average Bonchev–Trinajstić information content (AvgIpc) is 2.77. The number of ether oxygens (including phenoxy) is 2. The lowest BCUT2D eigenvalue weighted by molar-refractivity contribution is 0.102. The van der Waals surface area contributed by atoms with Gasteiger partial charge in [0.05, 0.1) is 30.5 Å². The second-order valence-corrected chi connectivity index (χ2v) is 7.36. The Bertz CT molecular complexity index is 1050. The summed E-state index contributed by atoms with van der Waals surface area (Å²) in [5.74, 6) is 1.84. The molecule has 152 valence electrons. The Hall–Kier alpha value is -3.50. The van der Waals surface area contributed by atoms with Crippen LogP contribution in [0.2, 0.25) is 0 Å². The number of aryl methyl sites for hydroxylation is 1. The number of methoxy groups -OCH3 is 1. The highest BCUT2D eigenvalue weighted by molar-refractivity contribution is 7.99. The van der Waals surface area contributed by atoms with Crippen LogP contribution >= 0.6 is 11.8 Å². The Morgan fingerprint density at radius 1 is 1.13 bits per heavy atom. The van der Waals surface area contributed by atoms with Crippen LogP contribution in [0.1, 0.15) is 21.6 Å². The summed E-state index contributed by atoms with van der Waals surface area (Å²) in [7, 11) is 1.62. The molecular weight excluding hydrogens is 398 g/mol. The van der Waals surface area contributed by atoms with E-state index in [0.717, 1.165) is 11.5 Å². The van der Waals surface area contributed by atoms with Crippen LogP contribution in [0, 0.1) is 18.3 Å². The lowest BCUT2D eigenvalue weighted by atomic mass is 10.1. The van der Waals surface area contributed by atoms with Crippen LogP contribution in [0.25, 0.3) is 0 Å². The van der Waals surface area contributed by atoms with Crippen LogP contribution in [0.3, 0.4) is 0 Å². The minimum absolute atomic E-state index is 0.290. The molecule has 30 heavy (non-hydrogen) atoms. The number of hydrogen-bond acceptors (Lipinski definition) is 6. The van der Waals surface area contributed by atoms with Gasteiger partial charge in [0.25, 0.3) is 5.91 Å². The molecule has 0 unspecified atom stereocenters. The summed E-state index contributed by atoms with van der Waals surface area (Å²) in [6.07, 6.45) is 0. The van der Waals surface area contributed by atoms with E-state index in [1.807, 2.05) is 42.5 Å². The Kier molecular flexibility index (Phi) is 7.30. The van der Waals surface area contributed by atoms with Crippen molar-refractivity contribution in [1.82, 2.24) is 4.98 Å². The molecule has 0 bridgehead atoms. The molecule has 0 saturated carbocycles. The summed E-state index contributed by atoms with van der Waals surface area (Å²) in [6.45, 7) is 2.22. The minimum atomic E-state index is -0.290. The third kappa shape index (κ3) is 5.52. The number of carbonyl (C=O) groups excluding carboxylic acids is 1. The van der Waals surface area contributed by atoms with Crippen LogP contribution in [0.15, 0.2) is 65.7 Å². The molecule has 0 saturated heterocycles. The maximum Gasteiger partial charge on any atom is 0.257 e. The molecule has 1 amide bonds. The van der Waals surface area contributed by atoms with Crippen molar-refractivity contribution < 1.29 is 14.3 Å². The van der Waals surface area contributed by atoms with Gasteiger partial charge >= 0.3 is 0 Å². The van der Waals surface area contributed by atoms with Crippen molar-refractivity contribution >= 4 is 23.4 Å². The molecule has 0 aliphatic heterocycles. The number of para-hydroxylation sites is 1. The summed E-state index contributed by atoms with van der Waals surface area (Å²) in [4.78, 5) is 17.1. The Labute approximate surface area is 179 Å². The van der Waals surface area contributed by atoms with Gasteiger partial charge in [-0.25, -0.2) is 4.98 Å². The molecular formula is C23H21N3O3S. The van der Waals surface area contributed by atoms with Gasteiger partial charge in [0.2, 0.25) is 0 Å². The second-order valence-electron chi connectivity index (χ2n) is 6.28. The van der Waals surface area contributed by atoms with Gasteiger partial charge in [0.1, 0.15) is 22.6 Å². The zero-order valence-corrected chi connectivity index (χ0v) is 17.5. The standard InChI is InChI=1S/C23H21N3O3S/c1-16-21(22(27)26-18-6-4-3-5-7-18)14-17(15-24)23(25-16)30-13-12-29-20-10-8-19(28-2)9-11-20/h3-11,14H,12-13H2,1-2H3,(H,26,27). The number of anilines is 1. The molecule has 3 rings (SSSR count). The van der Waals surface area contributed by atoms with Crippen LogP contribution in [-0.2, 0) is 0 Å². The van der Waals surface area contributed by atoms with Gasteiger partial charge in [-0.15, -0.1) is 11.8 Å². The van der Waals surface area contributed by atoms with Gasteiger partial charge in [-0.05, 0) is 49.4 Å². The average molecular weight is 420 g/mol. The maximum absolute atomic E-state index is 12.6. The number of benzene rings is 2. The summed E-state index contributed by atoms with van der Waals surface area (Å²) in [5.41, 5.74) is 2.01. The molecule has 1 aromatic heterocycles. The molecule has 0 spiro atoms. The molecule has 6 nitrogen and oxygen atoms in total. The SMILES string of the molecule is COc1ccc(OCCSc2nc(C)c(C(=O)Nc3ccccc3)cc2C#N)cc1. The summed E-state index contributed by atoms with van der Waals surface area (Å²) in [5, 5.41) is 12.9. The fraction of sp³-hybridized carbons (Fsp3) is 0.174. The molecule has 7 heteroatoms. The van der Waals surface area contributed by atoms with E-state index >= 15 is 0 Å². The number of pyridine rings is 1. The number of nitrogens with zero attached hydrogens (tertiary/aromatic N) is 2. The third-order valence-corrected chi connectivity index (χ3v) is 5.18. The maximum atomic E-state index is 12.6. The van der Waals surface area contributed by atoms with Crippen molar-refractivity contribution in [2.45, 2.75) is 11.9 Å². The van der Waals surface area contributed by atoms with E-state index in [1.54, 1.807) is 32.2 Å². The van der Waals surface area contributed by atoms with Crippen molar-refractivity contribution in [1.29, 1.82) is 5.26 Å². The topological polar surface area (TPSA) is 84.2 Å². The first-order valence-corrected chi connectivity index (χ1v) is 10.3. The molecule has 0 fully saturated rings. The van der Waals surface area contributed by atoms with E-state index in [2.05, 4.69) is 16.4 Å². The Balaban J connectivity index is 1.62. The van der Waals surface area contributed by atoms with E-state index in [9.17, 15) is 10.1 Å². The smallest absolute Gasteiger partial charge is 0.257 e. The number of carbonyl (C=O) groups is 1. The van der Waals surface area contributed by atoms with Crippen LogP contribution in [0.4, 0.5) is 5.69 Å². The molecule has 0 atom stereocenters. The highest BCUT2D eigenvalue weighted by atomic mass is 32.2. The fourth-order valence-corrected chi connectivity index (χ4v) is 3.51. The summed E-state index contributed by atoms with van der Waals surface area (Å²) in [6, 6.07) is 20.2. The van der Waals surface area contributed by atoms with Gasteiger partial charge in [-0.1, -0.05) is 18.2 Å². The first-order valence-electron chi connectivity index (χ1n) is 9.28. The highest BCUT2D eigenvalue weighted by Crippen LogP contribution is 2.24. The largest absolute Gasteiger partial charge is 0.497 e. The van der Waals surface area contributed by atoms with Crippen molar-refractivity contribution in [3.05, 3.63) is 77.5 Å². The predicted octanol–water partition coefficient (Wildman–Crippen LogP) is 4.69. The first-order chi connectivity index (χ1) is 14.6. The lowest BCUT2D eigenvalue weighted by Crippen LogP contribution is -2.15. The van der Waals surface area contributed by atoms with Crippen LogP contribution in [-0.4, -0.2) is 30.4 Å². The fourth-order valence-electron chi connectivity index (χ4n) is 2.69. The zero-order chi connectivity index (χ0) is 21.3. The predicted molar refractivity (Wildman–Crippen MR) is 117 cm³/mol.